The smallest absolute Gasteiger partial charge is 0.0110 e. The molecule has 0 aliphatic carbocycles. The summed E-state index contributed by atoms with van der Waals surface area (Å²) in [4.78, 5) is 5.33. The topological polar surface area (TPSA) is 18.5 Å². The molecule has 0 aromatic carbocycles. The maximum atomic E-state index is 3.61. The summed E-state index contributed by atoms with van der Waals surface area (Å²) in [6, 6.07) is 0. The highest BCUT2D eigenvalue weighted by molar-refractivity contribution is 4.88. The summed E-state index contributed by atoms with van der Waals surface area (Å²) in [5.41, 5.74) is 0.561. The predicted octanol–water partition coefficient (Wildman–Crippen LogP) is 1.79. The van der Waals surface area contributed by atoms with Gasteiger partial charge in [0.15, 0.2) is 0 Å². The molecule has 0 saturated carbocycles. The standard InChI is InChI=1S/C15H31N3/c1-3-8-17-9-11-18(12-10-17)14-15(4-2)6-5-7-16-13-15/h16H,3-14H2,1-2H3. The van der Waals surface area contributed by atoms with Crippen molar-refractivity contribution in [3.8, 4) is 0 Å². The van der Waals surface area contributed by atoms with Crippen molar-refractivity contribution in [2.45, 2.75) is 39.5 Å². The molecule has 0 amide bonds. The van der Waals surface area contributed by atoms with E-state index in [0.29, 0.717) is 5.41 Å². The van der Waals surface area contributed by atoms with Gasteiger partial charge in [0.1, 0.15) is 0 Å². The number of nitrogens with zero attached hydrogens (tertiary/aromatic N) is 2. The van der Waals surface area contributed by atoms with Crippen LogP contribution in [0.3, 0.4) is 0 Å². The molecule has 3 nitrogen and oxygen atoms in total. The van der Waals surface area contributed by atoms with E-state index in [2.05, 4.69) is 29.0 Å². The molecule has 0 spiro atoms. The van der Waals surface area contributed by atoms with Gasteiger partial charge in [-0.15, -0.1) is 0 Å². The Kier molecular flexibility index (Phi) is 5.46. The molecule has 18 heavy (non-hydrogen) atoms. The van der Waals surface area contributed by atoms with Gasteiger partial charge >= 0.3 is 0 Å². The highest BCUT2D eigenvalue weighted by atomic mass is 15.3. The molecule has 1 N–H and O–H groups in total. The Morgan fingerprint density at radius 3 is 2.33 bits per heavy atom. The van der Waals surface area contributed by atoms with E-state index in [9.17, 15) is 0 Å². The van der Waals surface area contributed by atoms with Crippen molar-refractivity contribution in [3.05, 3.63) is 0 Å². The van der Waals surface area contributed by atoms with Crippen molar-refractivity contribution < 1.29 is 0 Å². The van der Waals surface area contributed by atoms with Gasteiger partial charge in [0, 0.05) is 39.3 Å². The number of hydrogen-bond donors (Lipinski definition) is 1. The minimum atomic E-state index is 0.561. The maximum Gasteiger partial charge on any atom is 0.0110 e. The average Bonchev–Trinajstić information content (AvgIpc) is 2.42. The fourth-order valence-corrected chi connectivity index (χ4v) is 3.54. The quantitative estimate of drug-likeness (QED) is 0.806. The highest BCUT2D eigenvalue weighted by Gasteiger charge is 2.32. The largest absolute Gasteiger partial charge is 0.316 e. The molecule has 3 heteroatoms. The van der Waals surface area contributed by atoms with Crippen LogP contribution in [0, 0.1) is 5.41 Å². The van der Waals surface area contributed by atoms with Crippen molar-refractivity contribution in [2.24, 2.45) is 5.41 Å². The fraction of sp³-hybridized carbons (Fsp3) is 1.00. The van der Waals surface area contributed by atoms with E-state index in [-0.39, 0.29) is 0 Å². The van der Waals surface area contributed by atoms with Gasteiger partial charge < -0.3 is 15.1 Å². The van der Waals surface area contributed by atoms with Crippen molar-refractivity contribution in [1.29, 1.82) is 0 Å². The minimum absolute atomic E-state index is 0.561. The Bertz CT molecular complexity index is 228. The van der Waals surface area contributed by atoms with Crippen molar-refractivity contribution in [3.63, 3.8) is 0 Å². The summed E-state index contributed by atoms with van der Waals surface area (Å²) < 4.78 is 0. The summed E-state index contributed by atoms with van der Waals surface area (Å²) in [5, 5.41) is 3.61. The summed E-state index contributed by atoms with van der Waals surface area (Å²) in [6.07, 6.45) is 5.41. The van der Waals surface area contributed by atoms with Crippen LogP contribution in [0.2, 0.25) is 0 Å². The molecule has 1 unspecified atom stereocenters. The summed E-state index contributed by atoms with van der Waals surface area (Å²) in [5.74, 6) is 0. The molecule has 106 valence electrons. The van der Waals surface area contributed by atoms with E-state index >= 15 is 0 Å². The Balaban J connectivity index is 1.79. The van der Waals surface area contributed by atoms with Gasteiger partial charge in [0.2, 0.25) is 0 Å². The van der Waals surface area contributed by atoms with Crippen LogP contribution in [0.25, 0.3) is 0 Å². The number of nitrogens with one attached hydrogen (secondary N) is 1. The third-order valence-corrected chi connectivity index (χ3v) is 4.87. The van der Waals surface area contributed by atoms with E-state index in [4.69, 9.17) is 0 Å². The van der Waals surface area contributed by atoms with Crippen LogP contribution in [-0.4, -0.2) is 62.2 Å². The molecule has 0 aromatic rings. The molecule has 0 bridgehead atoms. The zero-order valence-electron chi connectivity index (χ0n) is 12.4. The van der Waals surface area contributed by atoms with E-state index in [1.165, 1.54) is 78.0 Å². The SMILES string of the molecule is CCCN1CCN(CC2(CC)CCCNC2)CC1. The fourth-order valence-electron chi connectivity index (χ4n) is 3.54. The van der Waals surface area contributed by atoms with Gasteiger partial charge in [0.05, 0.1) is 0 Å². The molecule has 2 saturated heterocycles. The van der Waals surface area contributed by atoms with E-state index < -0.39 is 0 Å². The van der Waals surface area contributed by atoms with Gasteiger partial charge in [-0.3, -0.25) is 0 Å². The van der Waals surface area contributed by atoms with Gasteiger partial charge in [-0.25, -0.2) is 0 Å². The first kappa shape index (κ1) is 14.3. The Labute approximate surface area is 113 Å². The molecule has 2 fully saturated rings. The van der Waals surface area contributed by atoms with Crippen LogP contribution in [0.4, 0.5) is 0 Å². The molecular formula is C15H31N3. The monoisotopic (exact) mass is 253 g/mol. The van der Waals surface area contributed by atoms with Crippen molar-refractivity contribution in [2.75, 3.05) is 52.4 Å². The molecule has 0 radical (unpaired) electrons. The zero-order valence-corrected chi connectivity index (χ0v) is 12.4. The Morgan fingerprint density at radius 2 is 1.78 bits per heavy atom. The van der Waals surface area contributed by atoms with Crippen molar-refractivity contribution in [1.82, 2.24) is 15.1 Å². The second-order valence-corrected chi connectivity index (χ2v) is 6.25. The molecule has 1 atom stereocenters. The van der Waals surface area contributed by atoms with Crippen LogP contribution in [-0.2, 0) is 0 Å². The second kappa shape index (κ2) is 6.88. The zero-order chi connectivity index (χ0) is 12.8. The normalized spacial score (nSPS) is 31.7. The molecular weight excluding hydrogens is 222 g/mol. The third kappa shape index (κ3) is 3.69. The van der Waals surface area contributed by atoms with Crippen LogP contribution < -0.4 is 5.32 Å². The van der Waals surface area contributed by atoms with Gasteiger partial charge in [-0.1, -0.05) is 13.8 Å². The third-order valence-electron chi connectivity index (χ3n) is 4.87. The van der Waals surface area contributed by atoms with Gasteiger partial charge in [-0.05, 0) is 44.2 Å². The minimum Gasteiger partial charge on any atom is -0.316 e. The van der Waals surface area contributed by atoms with Crippen LogP contribution >= 0.6 is 0 Å². The molecule has 2 aliphatic heterocycles. The second-order valence-electron chi connectivity index (χ2n) is 6.25. The van der Waals surface area contributed by atoms with E-state index in [1.54, 1.807) is 0 Å². The molecule has 2 rings (SSSR count). The van der Waals surface area contributed by atoms with E-state index in [1.807, 2.05) is 0 Å². The molecule has 0 aromatic heterocycles. The van der Waals surface area contributed by atoms with Crippen LogP contribution in [0.15, 0.2) is 0 Å². The summed E-state index contributed by atoms with van der Waals surface area (Å²) >= 11 is 0. The first-order chi connectivity index (χ1) is 8.78. The van der Waals surface area contributed by atoms with Gasteiger partial charge in [0.25, 0.3) is 0 Å². The summed E-state index contributed by atoms with van der Waals surface area (Å²) in [6.45, 7) is 14.8. The highest BCUT2D eigenvalue weighted by Crippen LogP contribution is 2.31. The Hall–Kier alpha value is -0.120. The van der Waals surface area contributed by atoms with E-state index in [0.717, 1.165) is 0 Å². The van der Waals surface area contributed by atoms with Crippen LogP contribution in [0.5, 0.6) is 0 Å². The first-order valence-corrected chi connectivity index (χ1v) is 7.93. The maximum absolute atomic E-state index is 3.61. The lowest BCUT2D eigenvalue weighted by atomic mass is 9.78. The first-order valence-electron chi connectivity index (χ1n) is 7.93. The van der Waals surface area contributed by atoms with Crippen molar-refractivity contribution >= 4 is 0 Å². The lowest BCUT2D eigenvalue weighted by Gasteiger charge is -2.43. The molecule has 2 aliphatic rings. The lowest BCUT2D eigenvalue weighted by molar-refractivity contribution is 0.0673. The average molecular weight is 253 g/mol. The molecule has 2 heterocycles. The van der Waals surface area contributed by atoms with Gasteiger partial charge in [-0.2, -0.15) is 0 Å². The predicted molar refractivity (Wildman–Crippen MR) is 78.0 cm³/mol. The number of hydrogen-bond acceptors (Lipinski definition) is 3. The van der Waals surface area contributed by atoms with Crippen LogP contribution in [0.1, 0.15) is 39.5 Å². The summed E-state index contributed by atoms with van der Waals surface area (Å²) in [7, 11) is 0. The Morgan fingerprint density at radius 1 is 1.06 bits per heavy atom. The lowest BCUT2D eigenvalue weighted by Crippen LogP contribution is -2.53. The number of piperidine rings is 1. The number of piperazine rings is 1. The number of rotatable bonds is 5.